The molecule has 2 heterocycles. The number of benzene rings is 2. The van der Waals surface area contributed by atoms with Crippen molar-refractivity contribution >= 4 is 16.5 Å². The van der Waals surface area contributed by atoms with Crippen molar-refractivity contribution in [1.82, 2.24) is 9.88 Å². The van der Waals surface area contributed by atoms with Crippen molar-refractivity contribution in [3.05, 3.63) is 72.1 Å². The molecule has 1 aliphatic heterocycles. The largest absolute Gasteiger partial charge is 0.393 e. The van der Waals surface area contributed by atoms with Gasteiger partial charge in [0.05, 0.1) is 6.10 Å². The Morgan fingerprint density at radius 3 is 2.65 bits per heavy atom. The predicted molar refractivity (Wildman–Crippen MR) is 106 cm³/mol. The number of piperidine rings is 1. The molecule has 0 atom stereocenters. The maximum Gasteiger partial charge on any atom is 0.0564 e. The zero-order chi connectivity index (χ0) is 17.8. The van der Waals surface area contributed by atoms with Crippen LogP contribution in [0.15, 0.2) is 60.9 Å². The molecule has 134 valence electrons. The lowest BCUT2D eigenvalue weighted by Crippen LogP contribution is -2.35. The second-order valence-electron chi connectivity index (χ2n) is 7.07. The zero-order valence-corrected chi connectivity index (χ0v) is 14.9. The zero-order valence-electron chi connectivity index (χ0n) is 14.9. The van der Waals surface area contributed by atoms with Gasteiger partial charge in [-0.25, -0.2) is 0 Å². The van der Waals surface area contributed by atoms with Gasteiger partial charge in [0.25, 0.3) is 0 Å². The summed E-state index contributed by atoms with van der Waals surface area (Å²) in [5.41, 5.74) is 3.71. The highest BCUT2D eigenvalue weighted by molar-refractivity contribution is 5.84. The molecular formula is C22H25N3O. The van der Waals surface area contributed by atoms with Gasteiger partial charge in [-0.2, -0.15) is 0 Å². The summed E-state index contributed by atoms with van der Waals surface area (Å²) < 4.78 is 0. The highest BCUT2D eigenvalue weighted by Gasteiger charge is 2.16. The van der Waals surface area contributed by atoms with E-state index in [2.05, 4.69) is 57.7 Å². The van der Waals surface area contributed by atoms with Crippen LogP contribution in [0.25, 0.3) is 10.8 Å². The number of hydrogen-bond acceptors (Lipinski definition) is 4. The lowest BCUT2D eigenvalue weighted by molar-refractivity contribution is 0.0792. The van der Waals surface area contributed by atoms with E-state index in [1.54, 1.807) is 0 Å². The second kappa shape index (κ2) is 7.85. The molecule has 0 spiro atoms. The Morgan fingerprint density at radius 1 is 1.04 bits per heavy atom. The molecule has 1 aromatic heterocycles. The van der Waals surface area contributed by atoms with E-state index in [-0.39, 0.29) is 6.10 Å². The first-order chi connectivity index (χ1) is 12.8. The summed E-state index contributed by atoms with van der Waals surface area (Å²) in [5.74, 6) is 0. The predicted octanol–water partition coefficient (Wildman–Crippen LogP) is 3.80. The first-order valence-corrected chi connectivity index (χ1v) is 9.33. The lowest BCUT2D eigenvalue weighted by atomic mass is 10.1. The highest BCUT2D eigenvalue weighted by atomic mass is 16.3. The molecule has 4 nitrogen and oxygen atoms in total. The molecule has 0 radical (unpaired) electrons. The molecule has 2 aromatic carbocycles. The fourth-order valence-electron chi connectivity index (χ4n) is 3.59. The fourth-order valence-corrected chi connectivity index (χ4v) is 3.59. The monoisotopic (exact) mass is 347 g/mol. The SMILES string of the molecule is OC1CCN(Cc2ccc(NCc3cccc4ccncc34)cc2)CC1. The highest BCUT2D eigenvalue weighted by Crippen LogP contribution is 2.20. The van der Waals surface area contributed by atoms with Crippen molar-refractivity contribution in [3.63, 3.8) is 0 Å². The molecule has 1 fully saturated rings. The Bertz CT molecular complexity index is 849. The van der Waals surface area contributed by atoms with Gasteiger partial charge < -0.3 is 10.4 Å². The normalized spacial score (nSPS) is 16.0. The van der Waals surface area contributed by atoms with Gasteiger partial charge in [0.15, 0.2) is 0 Å². The minimum Gasteiger partial charge on any atom is -0.393 e. The average Bonchev–Trinajstić information content (AvgIpc) is 2.69. The van der Waals surface area contributed by atoms with Crippen LogP contribution in [0.3, 0.4) is 0 Å². The van der Waals surface area contributed by atoms with E-state index in [1.807, 2.05) is 18.5 Å². The standard InChI is InChI=1S/C22H25N3O/c26-21-9-12-25(13-10-21)16-17-4-6-20(7-5-17)24-14-19-3-1-2-18-8-11-23-15-22(18)19/h1-8,11,15,21,24,26H,9-10,12-14,16H2. The summed E-state index contributed by atoms with van der Waals surface area (Å²) in [7, 11) is 0. The van der Waals surface area contributed by atoms with Gasteiger partial charge >= 0.3 is 0 Å². The molecule has 4 heteroatoms. The van der Waals surface area contributed by atoms with Gasteiger partial charge in [0.2, 0.25) is 0 Å². The molecule has 2 N–H and O–H groups in total. The molecule has 4 rings (SSSR count). The third kappa shape index (κ3) is 4.03. The topological polar surface area (TPSA) is 48.4 Å². The van der Waals surface area contributed by atoms with Gasteiger partial charge in [0, 0.05) is 49.6 Å². The Hall–Kier alpha value is -2.43. The molecule has 0 bridgehead atoms. The summed E-state index contributed by atoms with van der Waals surface area (Å²) in [5, 5.41) is 15.5. The van der Waals surface area contributed by atoms with Crippen LogP contribution >= 0.6 is 0 Å². The minimum absolute atomic E-state index is 0.109. The maximum absolute atomic E-state index is 9.61. The van der Waals surface area contributed by atoms with Gasteiger partial charge in [0.1, 0.15) is 0 Å². The Balaban J connectivity index is 1.37. The van der Waals surface area contributed by atoms with Crippen LogP contribution < -0.4 is 5.32 Å². The van der Waals surface area contributed by atoms with E-state index in [4.69, 9.17) is 0 Å². The van der Waals surface area contributed by atoms with Gasteiger partial charge in [-0.1, -0.05) is 30.3 Å². The molecule has 0 amide bonds. The summed E-state index contributed by atoms with van der Waals surface area (Å²) in [6.45, 7) is 3.71. The average molecular weight is 347 g/mol. The minimum atomic E-state index is -0.109. The molecule has 3 aromatic rings. The first-order valence-electron chi connectivity index (χ1n) is 9.33. The smallest absolute Gasteiger partial charge is 0.0564 e. The van der Waals surface area contributed by atoms with Crippen LogP contribution in [0.4, 0.5) is 5.69 Å². The number of nitrogens with one attached hydrogen (secondary N) is 1. The number of rotatable bonds is 5. The number of aliphatic hydroxyl groups is 1. The van der Waals surface area contributed by atoms with E-state index in [0.717, 1.165) is 44.7 Å². The third-order valence-corrected chi connectivity index (χ3v) is 5.17. The van der Waals surface area contributed by atoms with Crippen LogP contribution in [0, 0.1) is 0 Å². The van der Waals surface area contributed by atoms with E-state index in [0.29, 0.717) is 0 Å². The van der Waals surface area contributed by atoms with Crippen LogP contribution in [0.1, 0.15) is 24.0 Å². The summed E-state index contributed by atoms with van der Waals surface area (Å²) >= 11 is 0. The second-order valence-corrected chi connectivity index (χ2v) is 7.07. The van der Waals surface area contributed by atoms with E-state index >= 15 is 0 Å². The first kappa shape index (κ1) is 17.0. The quantitative estimate of drug-likeness (QED) is 0.737. The fraction of sp³-hybridized carbons (Fsp3) is 0.318. The van der Waals surface area contributed by atoms with Crippen molar-refractivity contribution in [1.29, 1.82) is 0 Å². The number of fused-ring (bicyclic) bond motifs is 1. The van der Waals surface area contributed by atoms with Gasteiger partial charge in [-0.15, -0.1) is 0 Å². The summed E-state index contributed by atoms with van der Waals surface area (Å²) in [4.78, 5) is 6.67. The van der Waals surface area contributed by atoms with E-state index < -0.39 is 0 Å². The van der Waals surface area contributed by atoms with Crippen LogP contribution in [0.5, 0.6) is 0 Å². The summed E-state index contributed by atoms with van der Waals surface area (Å²) in [6, 6.07) is 17.1. The molecule has 0 aliphatic carbocycles. The van der Waals surface area contributed by atoms with Crippen LogP contribution in [-0.2, 0) is 13.1 Å². The van der Waals surface area contributed by atoms with Crippen molar-refractivity contribution in [3.8, 4) is 0 Å². The van der Waals surface area contributed by atoms with Gasteiger partial charge in [-0.3, -0.25) is 9.88 Å². The Morgan fingerprint density at radius 2 is 1.85 bits per heavy atom. The van der Waals surface area contributed by atoms with E-state index in [9.17, 15) is 5.11 Å². The molecular weight excluding hydrogens is 322 g/mol. The number of likely N-dealkylation sites (tertiary alicyclic amines) is 1. The number of anilines is 1. The number of hydrogen-bond donors (Lipinski definition) is 2. The number of pyridine rings is 1. The Kier molecular flexibility index (Phi) is 5.14. The Labute approximate surface area is 154 Å². The lowest BCUT2D eigenvalue weighted by Gasteiger charge is -2.29. The van der Waals surface area contributed by atoms with E-state index in [1.165, 1.54) is 21.9 Å². The maximum atomic E-state index is 9.61. The molecule has 1 aliphatic rings. The number of aromatic nitrogens is 1. The summed E-state index contributed by atoms with van der Waals surface area (Å²) in [6.07, 6.45) is 5.44. The number of aliphatic hydroxyl groups excluding tert-OH is 1. The van der Waals surface area contributed by atoms with Crippen LogP contribution in [0.2, 0.25) is 0 Å². The van der Waals surface area contributed by atoms with Crippen molar-refractivity contribution < 1.29 is 5.11 Å². The van der Waals surface area contributed by atoms with Crippen molar-refractivity contribution in [2.24, 2.45) is 0 Å². The van der Waals surface area contributed by atoms with Crippen molar-refractivity contribution in [2.75, 3.05) is 18.4 Å². The number of nitrogens with zero attached hydrogens (tertiary/aromatic N) is 2. The van der Waals surface area contributed by atoms with Gasteiger partial charge in [-0.05, 0) is 47.6 Å². The molecule has 0 saturated carbocycles. The molecule has 0 unspecified atom stereocenters. The van der Waals surface area contributed by atoms with Crippen LogP contribution in [-0.4, -0.2) is 34.2 Å². The molecule has 26 heavy (non-hydrogen) atoms. The molecule has 1 saturated heterocycles. The third-order valence-electron chi connectivity index (χ3n) is 5.17. The van der Waals surface area contributed by atoms with Crippen molar-refractivity contribution in [2.45, 2.75) is 32.0 Å².